The van der Waals surface area contributed by atoms with Crippen LogP contribution in [0.15, 0.2) is 42.5 Å². The van der Waals surface area contributed by atoms with Crippen LogP contribution in [0, 0.1) is 0 Å². The number of fused-ring (bicyclic) bond motifs is 1. The Kier molecular flexibility index (Phi) is 5.28. The van der Waals surface area contributed by atoms with E-state index in [1.165, 1.54) is 11.1 Å². The fourth-order valence-electron chi connectivity index (χ4n) is 4.25. The molecule has 2 unspecified atom stereocenters. The monoisotopic (exact) mass is 425 g/mol. The van der Waals surface area contributed by atoms with Crippen LogP contribution >= 0.6 is 11.6 Å². The highest BCUT2D eigenvalue weighted by Gasteiger charge is 2.49. The standard InChI is InChI=1S/C23H24ClN3O3/c1-14(18-8-3-4-9-19(18)24)25-20(28)13-27-21(29)23(2,26-22(27)30)17-11-10-15-6-5-7-16(15)12-17/h3-4,8-12,14H,5-7,13H2,1-2H3,(H,25,28)(H,26,30). The average molecular weight is 426 g/mol. The maximum atomic E-state index is 13.1. The van der Waals surface area contributed by atoms with Crippen LogP contribution in [0.4, 0.5) is 4.79 Å². The summed E-state index contributed by atoms with van der Waals surface area (Å²) in [5.74, 6) is -0.852. The molecule has 156 valence electrons. The molecule has 30 heavy (non-hydrogen) atoms. The molecule has 0 aromatic heterocycles. The highest BCUT2D eigenvalue weighted by Crippen LogP contribution is 2.32. The number of carbonyl (C=O) groups is 3. The van der Waals surface area contributed by atoms with E-state index in [4.69, 9.17) is 11.6 Å². The van der Waals surface area contributed by atoms with Gasteiger partial charge >= 0.3 is 6.03 Å². The number of halogens is 1. The summed E-state index contributed by atoms with van der Waals surface area (Å²) in [6.45, 7) is 3.15. The molecule has 6 nitrogen and oxygen atoms in total. The van der Waals surface area contributed by atoms with Crippen LogP contribution in [-0.2, 0) is 28.0 Å². The van der Waals surface area contributed by atoms with Crippen molar-refractivity contribution < 1.29 is 14.4 Å². The van der Waals surface area contributed by atoms with Crippen molar-refractivity contribution in [2.24, 2.45) is 0 Å². The molecule has 4 amide bonds. The quantitative estimate of drug-likeness (QED) is 0.720. The Morgan fingerprint density at radius 2 is 1.93 bits per heavy atom. The zero-order valence-electron chi connectivity index (χ0n) is 17.0. The minimum absolute atomic E-state index is 0.347. The number of nitrogens with zero attached hydrogens (tertiary/aromatic N) is 1. The molecule has 1 aliphatic heterocycles. The summed E-state index contributed by atoms with van der Waals surface area (Å²) >= 11 is 6.18. The number of nitrogens with one attached hydrogen (secondary N) is 2. The van der Waals surface area contributed by atoms with Gasteiger partial charge in [0.05, 0.1) is 6.04 Å². The molecule has 2 aromatic rings. The van der Waals surface area contributed by atoms with E-state index in [9.17, 15) is 14.4 Å². The van der Waals surface area contributed by atoms with Crippen LogP contribution in [0.2, 0.25) is 5.02 Å². The molecule has 7 heteroatoms. The Bertz CT molecular complexity index is 1040. The van der Waals surface area contributed by atoms with Gasteiger partial charge in [-0.2, -0.15) is 0 Å². The lowest BCUT2D eigenvalue weighted by Gasteiger charge is -2.23. The van der Waals surface area contributed by atoms with Gasteiger partial charge in [-0.15, -0.1) is 0 Å². The highest BCUT2D eigenvalue weighted by molar-refractivity contribution is 6.31. The Morgan fingerprint density at radius 3 is 2.70 bits per heavy atom. The van der Waals surface area contributed by atoms with Crippen LogP contribution < -0.4 is 10.6 Å². The van der Waals surface area contributed by atoms with Crippen LogP contribution in [0.25, 0.3) is 0 Å². The van der Waals surface area contributed by atoms with E-state index >= 15 is 0 Å². The molecule has 1 aliphatic carbocycles. The van der Waals surface area contributed by atoms with Crippen molar-refractivity contribution >= 4 is 29.4 Å². The van der Waals surface area contributed by atoms with E-state index in [0.29, 0.717) is 5.02 Å². The fraction of sp³-hybridized carbons (Fsp3) is 0.348. The molecular weight excluding hydrogens is 402 g/mol. The van der Waals surface area contributed by atoms with E-state index in [2.05, 4.69) is 10.6 Å². The van der Waals surface area contributed by atoms with Crippen molar-refractivity contribution in [1.82, 2.24) is 15.5 Å². The normalized spacial score (nSPS) is 21.4. The third-order valence-corrected chi connectivity index (χ3v) is 6.35. The molecule has 0 bridgehead atoms. The van der Waals surface area contributed by atoms with Crippen molar-refractivity contribution in [3.8, 4) is 0 Å². The number of hydrogen-bond acceptors (Lipinski definition) is 3. The van der Waals surface area contributed by atoms with Crippen molar-refractivity contribution in [1.29, 1.82) is 0 Å². The predicted octanol–water partition coefficient (Wildman–Crippen LogP) is 3.47. The third-order valence-electron chi connectivity index (χ3n) is 6.00. The first-order valence-corrected chi connectivity index (χ1v) is 10.5. The number of hydrogen-bond donors (Lipinski definition) is 2. The van der Waals surface area contributed by atoms with Gasteiger partial charge in [0.2, 0.25) is 5.91 Å². The van der Waals surface area contributed by atoms with E-state index < -0.39 is 23.4 Å². The zero-order valence-corrected chi connectivity index (χ0v) is 17.8. The molecule has 1 saturated heterocycles. The number of amides is 4. The minimum atomic E-state index is -1.18. The Labute approximate surface area is 180 Å². The Morgan fingerprint density at radius 1 is 1.20 bits per heavy atom. The molecular formula is C23H24ClN3O3. The smallest absolute Gasteiger partial charge is 0.325 e. The first-order valence-electron chi connectivity index (χ1n) is 10.1. The summed E-state index contributed by atoms with van der Waals surface area (Å²) in [6.07, 6.45) is 3.13. The molecule has 4 rings (SSSR count). The first-order chi connectivity index (χ1) is 14.3. The second kappa shape index (κ2) is 7.76. The maximum Gasteiger partial charge on any atom is 0.325 e. The summed E-state index contributed by atoms with van der Waals surface area (Å²) in [7, 11) is 0. The van der Waals surface area contributed by atoms with Crippen LogP contribution in [0.5, 0.6) is 0 Å². The van der Waals surface area contributed by atoms with Gasteiger partial charge in [0, 0.05) is 5.02 Å². The van der Waals surface area contributed by atoms with Gasteiger partial charge in [-0.3, -0.25) is 14.5 Å². The largest absolute Gasteiger partial charge is 0.348 e. The first kappa shape index (κ1) is 20.4. The van der Waals surface area contributed by atoms with Gasteiger partial charge in [0.15, 0.2) is 0 Å². The molecule has 2 N–H and O–H groups in total. The third kappa shape index (κ3) is 3.56. The van der Waals surface area contributed by atoms with Crippen molar-refractivity contribution in [2.45, 2.75) is 44.7 Å². The lowest BCUT2D eigenvalue weighted by atomic mass is 9.89. The average Bonchev–Trinajstić information content (AvgIpc) is 3.26. The maximum absolute atomic E-state index is 13.1. The van der Waals surface area contributed by atoms with Crippen LogP contribution in [0.1, 0.15) is 48.6 Å². The minimum Gasteiger partial charge on any atom is -0.348 e. The van der Waals surface area contributed by atoms with Crippen LogP contribution in [-0.4, -0.2) is 29.3 Å². The lowest BCUT2D eigenvalue weighted by Crippen LogP contribution is -2.43. The Balaban J connectivity index is 1.47. The van der Waals surface area contributed by atoms with E-state index in [0.717, 1.165) is 35.3 Å². The van der Waals surface area contributed by atoms with Crippen molar-refractivity contribution in [3.63, 3.8) is 0 Å². The van der Waals surface area contributed by atoms with E-state index in [-0.39, 0.29) is 12.6 Å². The number of rotatable bonds is 5. The topological polar surface area (TPSA) is 78.5 Å². The van der Waals surface area contributed by atoms with Gasteiger partial charge in [0.1, 0.15) is 12.1 Å². The molecule has 0 spiro atoms. The second-order valence-corrected chi connectivity index (χ2v) is 8.50. The molecule has 2 atom stereocenters. The van der Waals surface area contributed by atoms with Gasteiger partial charge in [-0.1, -0.05) is 48.0 Å². The summed E-state index contributed by atoms with van der Waals surface area (Å²) < 4.78 is 0. The van der Waals surface area contributed by atoms with Crippen molar-refractivity contribution in [2.75, 3.05) is 6.54 Å². The van der Waals surface area contributed by atoms with E-state index in [1.54, 1.807) is 19.9 Å². The summed E-state index contributed by atoms with van der Waals surface area (Å²) in [5.41, 5.74) is 2.86. The summed E-state index contributed by atoms with van der Waals surface area (Å²) in [6, 6.07) is 12.2. The number of urea groups is 1. The number of carbonyl (C=O) groups excluding carboxylic acids is 3. The second-order valence-electron chi connectivity index (χ2n) is 8.09. The lowest BCUT2D eigenvalue weighted by molar-refractivity contribution is -0.135. The molecule has 0 radical (unpaired) electrons. The number of aryl methyl sites for hydroxylation is 2. The van der Waals surface area contributed by atoms with Crippen molar-refractivity contribution in [3.05, 3.63) is 69.7 Å². The van der Waals surface area contributed by atoms with Crippen LogP contribution in [0.3, 0.4) is 0 Å². The molecule has 1 heterocycles. The molecule has 1 fully saturated rings. The molecule has 2 aliphatic rings. The van der Waals surface area contributed by atoms with Gasteiger partial charge in [-0.05, 0) is 61.4 Å². The molecule has 2 aromatic carbocycles. The van der Waals surface area contributed by atoms with Gasteiger partial charge in [-0.25, -0.2) is 4.79 Å². The summed E-state index contributed by atoms with van der Waals surface area (Å²) in [5, 5.41) is 6.13. The molecule has 0 saturated carbocycles. The SMILES string of the molecule is CC(NC(=O)CN1C(=O)NC(C)(c2ccc3c(c2)CCC3)C1=O)c1ccccc1Cl. The summed E-state index contributed by atoms with van der Waals surface area (Å²) in [4.78, 5) is 39.2. The fourth-order valence-corrected chi connectivity index (χ4v) is 4.55. The van der Waals surface area contributed by atoms with E-state index in [1.807, 2.05) is 36.4 Å². The predicted molar refractivity (Wildman–Crippen MR) is 114 cm³/mol. The van der Waals surface area contributed by atoms with Gasteiger partial charge in [0.25, 0.3) is 5.91 Å². The zero-order chi connectivity index (χ0) is 21.5. The Hall–Kier alpha value is -2.86. The highest BCUT2D eigenvalue weighted by atomic mass is 35.5. The number of benzene rings is 2. The number of imide groups is 1. The van der Waals surface area contributed by atoms with Gasteiger partial charge < -0.3 is 10.6 Å².